The van der Waals surface area contributed by atoms with Crippen molar-refractivity contribution in [2.24, 2.45) is 11.8 Å². The maximum absolute atomic E-state index is 13.3. The molecule has 0 N–H and O–H groups in total. The zero-order valence-electron chi connectivity index (χ0n) is 11.8. The van der Waals surface area contributed by atoms with Gasteiger partial charge in [0.05, 0.1) is 11.0 Å². The molecule has 0 spiro atoms. The normalized spacial score (nSPS) is 18.3. The largest absolute Gasteiger partial charge is 0.338 e. The molecule has 1 atom stereocenters. The average Bonchev–Trinajstić information content (AvgIpc) is 2.90. The summed E-state index contributed by atoms with van der Waals surface area (Å²) in [6.07, 6.45) is 0.806. The summed E-state index contributed by atoms with van der Waals surface area (Å²) in [5.74, 6) is -2.51. The third kappa shape index (κ3) is 3.01. The Bertz CT molecular complexity index is 590. The number of likely N-dealkylation sites (tertiary alicyclic amines) is 1. The summed E-state index contributed by atoms with van der Waals surface area (Å²) in [5.41, 5.74) is -1.10. The van der Waals surface area contributed by atoms with Gasteiger partial charge in [0, 0.05) is 13.1 Å². The Labute approximate surface area is 120 Å². The molecule has 0 aliphatic carbocycles. The van der Waals surface area contributed by atoms with Crippen LogP contribution in [0.3, 0.4) is 0 Å². The van der Waals surface area contributed by atoms with Crippen LogP contribution in [-0.4, -0.2) is 28.8 Å². The lowest BCUT2D eigenvalue weighted by molar-refractivity contribution is -0.385. The van der Waals surface area contributed by atoms with Gasteiger partial charge in [-0.05, 0) is 24.3 Å². The lowest BCUT2D eigenvalue weighted by Gasteiger charge is -2.18. The predicted octanol–water partition coefficient (Wildman–Crippen LogP) is 2.99. The van der Waals surface area contributed by atoms with Gasteiger partial charge < -0.3 is 4.90 Å². The summed E-state index contributed by atoms with van der Waals surface area (Å²) in [6, 6.07) is 1.07. The van der Waals surface area contributed by atoms with E-state index in [9.17, 15) is 23.7 Å². The first-order chi connectivity index (χ1) is 9.81. The Morgan fingerprint density at radius 3 is 2.52 bits per heavy atom. The molecular formula is C14H16F2N2O3. The van der Waals surface area contributed by atoms with Gasteiger partial charge in [0.2, 0.25) is 0 Å². The topological polar surface area (TPSA) is 63.5 Å². The molecule has 21 heavy (non-hydrogen) atoms. The standard InChI is InChI=1S/C14H16F2N2O3/c1-8(2)9-3-4-17(7-9)14(19)10-5-11(15)12(16)6-13(10)18(20)21/h5-6,8-9H,3-4,7H2,1-2H3. The molecule has 1 unspecified atom stereocenters. The molecule has 0 aromatic heterocycles. The summed E-state index contributed by atoms with van der Waals surface area (Å²) < 4.78 is 26.4. The number of nitro groups is 1. The SMILES string of the molecule is CC(C)C1CCN(C(=O)c2cc(F)c(F)cc2[N+](=O)[O-])C1. The van der Waals surface area contributed by atoms with Gasteiger partial charge in [0.25, 0.3) is 11.6 Å². The van der Waals surface area contributed by atoms with E-state index in [2.05, 4.69) is 0 Å². The molecule has 5 nitrogen and oxygen atoms in total. The Morgan fingerprint density at radius 2 is 2.00 bits per heavy atom. The lowest BCUT2D eigenvalue weighted by atomic mass is 9.95. The van der Waals surface area contributed by atoms with Crippen LogP contribution < -0.4 is 0 Å². The van der Waals surface area contributed by atoms with Gasteiger partial charge in [0.1, 0.15) is 5.56 Å². The minimum Gasteiger partial charge on any atom is -0.338 e. The monoisotopic (exact) mass is 298 g/mol. The number of benzene rings is 1. The Kier molecular flexibility index (Phi) is 4.20. The molecule has 1 heterocycles. The lowest BCUT2D eigenvalue weighted by Crippen LogP contribution is -2.30. The van der Waals surface area contributed by atoms with Gasteiger partial charge >= 0.3 is 0 Å². The highest BCUT2D eigenvalue weighted by Gasteiger charge is 2.32. The predicted molar refractivity (Wildman–Crippen MR) is 71.9 cm³/mol. The van der Waals surface area contributed by atoms with Crippen molar-refractivity contribution < 1.29 is 18.5 Å². The van der Waals surface area contributed by atoms with Crippen LogP contribution >= 0.6 is 0 Å². The highest BCUT2D eigenvalue weighted by molar-refractivity contribution is 5.98. The van der Waals surface area contributed by atoms with Crippen molar-refractivity contribution in [1.82, 2.24) is 4.90 Å². The first kappa shape index (κ1) is 15.3. The number of rotatable bonds is 3. The van der Waals surface area contributed by atoms with E-state index < -0.39 is 33.7 Å². The number of halogens is 2. The number of amides is 1. The fourth-order valence-corrected chi connectivity index (χ4v) is 2.54. The Morgan fingerprint density at radius 1 is 1.38 bits per heavy atom. The van der Waals surface area contributed by atoms with Crippen molar-refractivity contribution in [2.45, 2.75) is 20.3 Å². The second-order valence-electron chi connectivity index (χ2n) is 5.58. The molecule has 1 saturated heterocycles. The van der Waals surface area contributed by atoms with Gasteiger partial charge in [-0.1, -0.05) is 13.8 Å². The number of hydrogen-bond acceptors (Lipinski definition) is 3. The molecule has 2 rings (SSSR count). The molecule has 0 radical (unpaired) electrons. The molecule has 1 aliphatic heterocycles. The molecule has 1 aromatic rings. The van der Waals surface area contributed by atoms with Gasteiger partial charge in [-0.25, -0.2) is 8.78 Å². The van der Waals surface area contributed by atoms with Crippen molar-refractivity contribution in [1.29, 1.82) is 0 Å². The Balaban J connectivity index is 2.31. The first-order valence-electron chi connectivity index (χ1n) is 6.74. The van der Waals surface area contributed by atoms with E-state index in [1.165, 1.54) is 4.90 Å². The van der Waals surface area contributed by atoms with Crippen LogP contribution in [-0.2, 0) is 0 Å². The second kappa shape index (κ2) is 5.75. The van der Waals surface area contributed by atoms with Gasteiger partial charge in [-0.2, -0.15) is 0 Å². The van der Waals surface area contributed by atoms with Crippen LogP contribution in [0.5, 0.6) is 0 Å². The van der Waals surface area contributed by atoms with Crippen molar-refractivity contribution in [3.63, 3.8) is 0 Å². The third-order valence-corrected chi connectivity index (χ3v) is 3.92. The van der Waals surface area contributed by atoms with E-state index >= 15 is 0 Å². The number of carbonyl (C=O) groups excluding carboxylic acids is 1. The molecule has 0 saturated carbocycles. The maximum atomic E-state index is 13.3. The average molecular weight is 298 g/mol. The fourth-order valence-electron chi connectivity index (χ4n) is 2.54. The van der Waals surface area contributed by atoms with Crippen LogP contribution in [0.15, 0.2) is 12.1 Å². The molecule has 1 fully saturated rings. The first-order valence-corrected chi connectivity index (χ1v) is 6.74. The van der Waals surface area contributed by atoms with E-state index in [4.69, 9.17) is 0 Å². The summed E-state index contributed by atoms with van der Waals surface area (Å²) >= 11 is 0. The third-order valence-electron chi connectivity index (χ3n) is 3.92. The van der Waals surface area contributed by atoms with Crippen LogP contribution in [0.25, 0.3) is 0 Å². The van der Waals surface area contributed by atoms with Crippen LogP contribution in [0, 0.1) is 33.6 Å². The van der Waals surface area contributed by atoms with E-state index in [-0.39, 0.29) is 0 Å². The van der Waals surface area contributed by atoms with Crippen LogP contribution in [0.1, 0.15) is 30.6 Å². The number of carbonyl (C=O) groups is 1. The van der Waals surface area contributed by atoms with Crippen molar-refractivity contribution in [3.05, 3.63) is 39.4 Å². The summed E-state index contributed by atoms with van der Waals surface area (Å²) in [4.78, 5) is 23.9. The van der Waals surface area contributed by atoms with Crippen molar-refractivity contribution >= 4 is 11.6 Å². The quantitative estimate of drug-likeness (QED) is 0.636. The Hall–Kier alpha value is -2.05. The zero-order chi connectivity index (χ0) is 15.7. The van der Waals surface area contributed by atoms with Gasteiger partial charge in [-0.15, -0.1) is 0 Å². The number of hydrogen-bond donors (Lipinski definition) is 0. The highest BCUT2D eigenvalue weighted by Crippen LogP contribution is 2.28. The molecule has 1 aromatic carbocycles. The van der Waals surface area contributed by atoms with E-state index in [0.29, 0.717) is 37.1 Å². The summed E-state index contributed by atoms with van der Waals surface area (Å²) in [5, 5.41) is 10.9. The van der Waals surface area contributed by atoms with E-state index in [1.54, 1.807) is 0 Å². The summed E-state index contributed by atoms with van der Waals surface area (Å²) in [6.45, 7) is 5.03. The van der Waals surface area contributed by atoms with Crippen LogP contribution in [0.4, 0.5) is 14.5 Å². The molecule has 1 aliphatic rings. The van der Waals surface area contributed by atoms with Crippen LogP contribution in [0.2, 0.25) is 0 Å². The molecule has 7 heteroatoms. The van der Waals surface area contributed by atoms with Gasteiger partial charge in [0.15, 0.2) is 11.6 Å². The molecule has 114 valence electrons. The number of nitro benzene ring substituents is 1. The van der Waals surface area contributed by atoms with Gasteiger partial charge in [-0.3, -0.25) is 14.9 Å². The minimum atomic E-state index is -1.33. The molecule has 1 amide bonds. The molecular weight excluding hydrogens is 282 g/mol. The highest BCUT2D eigenvalue weighted by atomic mass is 19.2. The second-order valence-corrected chi connectivity index (χ2v) is 5.58. The maximum Gasteiger partial charge on any atom is 0.285 e. The van der Waals surface area contributed by atoms with E-state index in [0.717, 1.165) is 6.42 Å². The van der Waals surface area contributed by atoms with Crippen molar-refractivity contribution in [2.75, 3.05) is 13.1 Å². The summed E-state index contributed by atoms with van der Waals surface area (Å²) in [7, 11) is 0. The number of nitrogens with zero attached hydrogens (tertiary/aromatic N) is 2. The molecule has 0 bridgehead atoms. The fraction of sp³-hybridized carbons (Fsp3) is 0.500. The minimum absolute atomic E-state index is 0.318. The van der Waals surface area contributed by atoms with E-state index in [1.807, 2.05) is 13.8 Å². The van der Waals surface area contributed by atoms with Crippen molar-refractivity contribution in [3.8, 4) is 0 Å². The smallest absolute Gasteiger partial charge is 0.285 e. The zero-order valence-corrected chi connectivity index (χ0v) is 11.8.